The first-order valence-electron chi connectivity index (χ1n) is 6.48. The Morgan fingerprint density at radius 2 is 2.22 bits per heavy atom. The molecular formula is C14H20BrClN2. The third-order valence-corrected chi connectivity index (χ3v) is 4.67. The van der Waals surface area contributed by atoms with Gasteiger partial charge in [0.1, 0.15) is 0 Å². The van der Waals surface area contributed by atoms with Crippen LogP contribution in [-0.2, 0) is 0 Å². The predicted octanol–water partition coefficient (Wildman–Crippen LogP) is 3.83. The monoisotopic (exact) mass is 330 g/mol. The Morgan fingerprint density at radius 1 is 1.44 bits per heavy atom. The van der Waals surface area contributed by atoms with E-state index < -0.39 is 0 Å². The van der Waals surface area contributed by atoms with E-state index in [2.05, 4.69) is 33.9 Å². The van der Waals surface area contributed by atoms with Gasteiger partial charge in [0.15, 0.2) is 0 Å². The van der Waals surface area contributed by atoms with Crippen LogP contribution < -0.4 is 5.73 Å². The number of likely N-dealkylation sites (tertiary alicyclic amines) is 1. The molecule has 1 aromatic rings. The van der Waals surface area contributed by atoms with Crippen LogP contribution >= 0.6 is 27.5 Å². The topological polar surface area (TPSA) is 29.3 Å². The van der Waals surface area contributed by atoms with Crippen molar-refractivity contribution in [1.29, 1.82) is 0 Å². The van der Waals surface area contributed by atoms with Gasteiger partial charge in [0.2, 0.25) is 0 Å². The van der Waals surface area contributed by atoms with Gasteiger partial charge in [-0.1, -0.05) is 34.0 Å². The summed E-state index contributed by atoms with van der Waals surface area (Å²) in [6, 6.07) is 6.42. The summed E-state index contributed by atoms with van der Waals surface area (Å²) in [5.41, 5.74) is 7.17. The standard InChI is InChI=1S/C14H20BrClN2/c1-18-7-3-2-4-10(9-17)14(18)12-8-11(15)5-6-13(12)16/h5-6,8,10,14H,2-4,7,9,17H2,1H3. The van der Waals surface area contributed by atoms with Gasteiger partial charge in [-0.05, 0) is 62.7 Å². The zero-order chi connectivity index (χ0) is 13.1. The fourth-order valence-corrected chi connectivity index (χ4v) is 3.51. The van der Waals surface area contributed by atoms with E-state index in [1.54, 1.807) is 0 Å². The van der Waals surface area contributed by atoms with E-state index in [1.165, 1.54) is 24.8 Å². The van der Waals surface area contributed by atoms with Crippen molar-refractivity contribution in [1.82, 2.24) is 4.90 Å². The van der Waals surface area contributed by atoms with Crippen LogP contribution in [0.2, 0.25) is 5.02 Å². The molecule has 2 N–H and O–H groups in total. The van der Waals surface area contributed by atoms with Crippen LogP contribution in [0.4, 0.5) is 0 Å². The zero-order valence-electron chi connectivity index (χ0n) is 10.7. The predicted molar refractivity (Wildman–Crippen MR) is 80.9 cm³/mol. The lowest BCUT2D eigenvalue weighted by atomic mass is 9.89. The maximum absolute atomic E-state index is 6.38. The van der Waals surface area contributed by atoms with E-state index in [-0.39, 0.29) is 0 Å². The Kier molecular flexibility index (Phi) is 5.07. The summed E-state index contributed by atoms with van der Waals surface area (Å²) in [5, 5.41) is 0.843. The minimum atomic E-state index is 0.336. The largest absolute Gasteiger partial charge is 0.330 e. The van der Waals surface area contributed by atoms with E-state index in [0.717, 1.165) is 22.6 Å². The molecule has 2 rings (SSSR count). The van der Waals surface area contributed by atoms with Gasteiger partial charge in [0, 0.05) is 15.5 Å². The maximum atomic E-state index is 6.38. The SMILES string of the molecule is CN1CCCCC(CN)C1c1cc(Br)ccc1Cl. The number of hydrogen-bond acceptors (Lipinski definition) is 2. The van der Waals surface area contributed by atoms with Crippen molar-refractivity contribution in [2.75, 3.05) is 20.1 Å². The summed E-state index contributed by atoms with van der Waals surface area (Å²) in [6.45, 7) is 1.84. The Hall–Kier alpha value is -0.0900. The second kappa shape index (κ2) is 6.38. The number of nitrogens with two attached hydrogens (primary N) is 1. The van der Waals surface area contributed by atoms with Crippen molar-refractivity contribution in [3.63, 3.8) is 0 Å². The third kappa shape index (κ3) is 3.08. The van der Waals surface area contributed by atoms with Crippen LogP contribution in [0.3, 0.4) is 0 Å². The summed E-state index contributed by atoms with van der Waals surface area (Å²) < 4.78 is 1.08. The summed E-state index contributed by atoms with van der Waals surface area (Å²) in [6.07, 6.45) is 3.69. The highest BCUT2D eigenvalue weighted by atomic mass is 79.9. The number of rotatable bonds is 2. The molecule has 0 aromatic heterocycles. The fourth-order valence-electron chi connectivity index (χ4n) is 2.90. The molecule has 2 nitrogen and oxygen atoms in total. The highest BCUT2D eigenvalue weighted by molar-refractivity contribution is 9.10. The second-order valence-corrected chi connectivity index (χ2v) is 6.41. The van der Waals surface area contributed by atoms with Crippen LogP contribution in [0.25, 0.3) is 0 Å². The summed E-state index contributed by atoms with van der Waals surface area (Å²) in [4.78, 5) is 2.40. The average molecular weight is 332 g/mol. The first-order valence-corrected chi connectivity index (χ1v) is 7.66. The minimum absolute atomic E-state index is 0.336. The third-order valence-electron chi connectivity index (χ3n) is 3.84. The molecule has 4 heteroatoms. The molecule has 18 heavy (non-hydrogen) atoms. The van der Waals surface area contributed by atoms with E-state index >= 15 is 0 Å². The molecule has 100 valence electrons. The van der Waals surface area contributed by atoms with Gasteiger partial charge in [0.25, 0.3) is 0 Å². The van der Waals surface area contributed by atoms with Crippen molar-refractivity contribution >= 4 is 27.5 Å². The molecule has 0 bridgehead atoms. The van der Waals surface area contributed by atoms with Crippen LogP contribution in [0.15, 0.2) is 22.7 Å². The van der Waals surface area contributed by atoms with Gasteiger partial charge in [-0.3, -0.25) is 4.90 Å². The van der Waals surface area contributed by atoms with Crippen LogP contribution in [0.5, 0.6) is 0 Å². The summed E-state index contributed by atoms with van der Waals surface area (Å²) in [5.74, 6) is 0.490. The van der Waals surface area contributed by atoms with Crippen molar-refractivity contribution in [2.24, 2.45) is 11.7 Å². The van der Waals surface area contributed by atoms with E-state index in [0.29, 0.717) is 12.0 Å². The van der Waals surface area contributed by atoms with Crippen molar-refractivity contribution in [3.8, 4) is 0 Å². The number of hydrogen-bond donors (Lipinski definition) is 1. The van der Waals surface area contributed by atoms with Gasteiger partial charge in [0.05, 0.1) is 0 Å². The molecule has 0 spiro atoms. The fraction of sp³-hybridized carbons (Fsp3) is 0.571. The molecule has 1 aliphatic rings. The van der Waals surface area contributed by atoms with Crippen LogP contribution in [0.1, 0.15) is 30.9 Å². The Labute approximate surface area is 123 Å². The summed E-state index contributed by atoms with van der Waals surface area (Å²) in [7, 11) is 2.18. The van der Waals surface area contributed by atoms with Crippen molar-refractivity contribution in [2.45, 2.75) is 25.3 Å². The van der Waals surface area contributed by atoms with E-state index in [4.69, 9.17) is 17.3 Å². The highest BCUT2D eigenvalue weighted by Crippen LogP contribution is 2.38. The normalized spacial score (nSPS) is 26.0. The van der Waals surface area contributed by atoms with Crippen LogP contribution in [-0.4, -0.2) is 25.0 Å². The zero-order valence-corrected chi connectivity index (χ0v) is 13.0. The molecular weight excluding hydrogens is 312 g/mol. The van der Waals surface area contributed by atoms with E-state index in [1.807, 2.05) is 12.1 Å². The van der Waals surface area contributed by atoms with Gasteiger partial charge in [-0.2, -0.15) is 0 Å². The number of nitrogens with zero attached hydrogens (tertiary/aromatic N) is 1. The molecule has 1 fully saturated rings. The molecule has 0 radical (unpaired) electrons. The van der Waals surface area contributed by atoms with Gasteiger partial charge < -0.3 is 5.73 Å². The molecule has 2 unspecified atom stereocenters. The quantitative estimate of drug-likeness (QED) is 0.892. The second-order valence-electron chi connectivity index (χ2n) is 5.08. The molecule has 0 aliphatic carbocycles. The van der Waals surface area contributed by atoms with Crippen molar-refractivity contribution in [3.05, 3.63) is 33.3 Å². The maximum Gasteiger partial charge on any atom is 0.0454 e. The lowest BCUT2D eigenvalue weighted by Gasteiger charge is -2.32. The van der Waals surface area contributed by atoms with E-state index in [9.17, 15) is 0 Å². The lowest BCUT2D eigenvalue weighted by Crippen LogP contribution is -2.33. The summed E-state index contributed by atoms with van der Waals surface area (Å²) >= 11 is 9.92. The van der Waals surface area contributed by atoms with Crippen molar-refractivity contribution < 1.29 is 0 Å². The van der Waals surface area contributed by atoms with Gasteiger partial charge >= 0.3 is 0 Å². The van der Waals surface area contributed by atoms with Crippen LogP contribution in [0, 0.1) is 5.92 Å². The average Bonchev–Trinajstić information content (AvgIpc) is 2.54. The lowest BCUT2D eigenvalue weighted by molar-refractivity contribution is 0.196. The minimum Gasteiger partial charge on any atom is -0.330 e. The Morgan fingerprint density at radius 3 is 2.94 bits per heavy atom. The molecule has 2 atom stereocenters. The molecule has 1 aromatic carbocycles. The Balaban J connectivity index is 2.39. The highest BCUT2D eigenvalue weighted by Gasteiger charge is 2.29. The first kappa shape index (κ1) is 14.3. The molecule has 0 saturated carbocycles. The molecule has 1 aliphatic heterocycles. The Bertz CT molecular complexity index is 411. The number of benzene rings is 1. The molecule has 0 amide bonds. The smallest absolute Gasteiger partial charge is 0.0454 e. The first-order chi connectivity index (χ1) is 8.63. The van der Waals surface area contributed by atoms with Gasteiger partial charge in [-0.15, -0.1) is 0 Å². The number of halogens is 2. The van der Waals surface area contributed by atoms with Gasteiger partial charge in [-0.25, -0.2) is 0 Å². The molecule has 1 saturated heterocycles. The molecule has 1 heterocycles.